The number of carbonyl (C=O) groups is 6. The molecule has 0 saturated carbocycles. The van der Waals surface area contributed by atoms with Crippen molar-refractivity contribution < 1.29 is 74.7 Å². The van der Waals surface area contributed by atoms with Crippen LogP contribution < -0.4 is 0 Å². The molecular formula is C22H39O15Sn. The van der Waals surface area contributed by atoms with E-state index in [0.717, 1.165) is 0 Å². The molecule has 0 aromatic rings. The molecule has 3 atom stereocenters. The third-order valence-corrected chi connectivity index (χ3v) is 5.82. The quantitative estimate of drug-likeness (QED) is 0.114. The molecule has 0 fully saturated rings. The van der Waals surface area contributed by atoms with Gasteiger partial charge in [-0.2, -0.15) is 0 Å². The number of unbranched alkanes of at least 4 members (excludes halogenated alkanes) is 1. The van der Waals surface area contributed by atoms with Crippen molar-refractivity contribution in [3.8, 4) is 0 Å². The Bertz CT molecular complexity index is 675. The van der Waals surface area contributed by atoms with Crippen LogP contribution in [0.15, 0.2) is 0 Å². The third-order valence-electron chi connectivity index (χ3n) is 4.81. The maximum absolute atomic E-state index is 10.3. The molecule has 3 radical (unpaired) electrons. The van der Waals surface area contributed by atoms with Gasteiger partial charge in [-0.25, -0.2) is 14.4 Å². The van der Waals surface area contributed by atoms with Crippen molar-refractivity contribution in [2.75, 3.05) is 0 Å². The number of hydrogen-bond acceptors (Lipinski definition) is 9. The predicted octanol–water partition coefficient (Wildman–Crippen LogP) is 0.434. The standard InChI is InChI=1S/3C6H10O5.C4H9.Sn/c3*1-2-6(11,5(9)10)3-4(7)8;1-3-4-2;/h3*11H,2-3H2,1H3,(H,7,8)(H,9,10);1,3-4H2,2H3;. The number of aliphatic hydroxyl groups is 3. The van der Waals surface area contributed by atoms with Gasteiger partial charge in [0.1, 0.15) is 0 Å². The van der Waals surface area contributed by atoms with Gasteiger partial charge < -0.3 is 46.0 Å². The van der Waals surface area contributed by atoms with Gasteiger partial charge in [0.25, 0.3) is 0 Å². The van der Waals surface area contributed by atoms with E-state index in [9.17, 15) is 28.8 Å². The van der Waals surface area contributed by atoms with Crippen LogP contribution in [-0.4, -0.2) is 121 Å². The molecule has 0 rings (SSSR count). The Kier molecular flexibility index (Phi) is 24.0. The van der Waals surface area contributed by atoms with E-state index in [2.05, 4.69) is 6.92 Å². The minimum absolute atomic E-state index is 0.116. The van der Waals surface area contributed by atoms with Gasteiger partial charge in [-0.15, -0.1) is 0 Å². The van der Waals surface area contributed by atoms with Crippen molar-refractivity contribution >= 4 is 58.3 Å². The number of hydrogen-bond donors (Lipinski definition) is 9. The minimum atomic E-state index is -2.12. The summed E-state index contributed by atoms with van der Waals surface area (Å²) < 4.78 is 1.43. The summed E-state index contributed by atoms with van der Waals surface area (Å²) in [5.41, 5.74) is -6.36. The Hall–Kier alpha value is -2.50. The first kappa shape index (κ1) is 42.6. The van der Waals surface area contributed by atoms with E-state index >= 15 is 0 Å². The van der Waals surface area contributed by atoms with Crippen molar-refractivity contribution in [3.63, 3.8) is 0 Å². The number of carboxylic acids is 6. The molecule has 221 valence electrons. The summed E-state index contributed by atoms with van der Waals surface area (Å²) in [4.78, 5) is 61.0. The van der Waals surface area contributed by atoms with Crippen LogP contribution in [0.1, 0.15) is 79.1 Å². The van der Waals surface area contributed by atoms with Crippen molar-refractivity contribution in [1.82, 2.24) is 0 Å². The molecule has 0 aliphatic heterocycles. The van der Waals surface area contributed by atoms with Crippen LogP contribution in [0.25, 0.3) is 0 Å². The normalized spacial score (nSPS) is 14.5. The summed E-state index contributed by atoms with van der Waals surface area (Å²) in [5, 5.41) is 77.0. The van der Waals surface area contributed by atoms with Crippen LogP contribution in [0.5, 0.6) is 0 Å². The molecule has 0 bridgehead atoms. The molecule has 0 amide bonds. The molecule has 0 aliphatic carbocycles. The van der Waals surface area contributed by atoms with Gasteiger partial charge in [0, 0.05) is 0 Å². The first-order valence-corrected chi connectivity index (χ1v) is 13.4. The molecular weight excluding hydrogens is 623 g/mol. The first-order chi connectivity index (χ1) is 17.2. The zero-order valence-electron chi connectivity index (χ0n) is 21.8. The molecule has 0 spiro atoms. The van der Waals surface area contributed by atoms with Crippen LogP contribution in [0.4, 0.5) is 0 Å². The Balaban J connectivity index is -0.000000209. The van der Waals surface area contributed by atoms with Gasteiger partial charge in [0.05, 0.1) is 19.3 Å². The number of aliphatic carboxylic acids is 6. The van der Waals surface area contributed by atoms with Crippen LogP contribution in [-0.2, 0) is 28.8 Å². The van der Waals surface area contributed by atoms with Crippen molar-refractivity contribution in [3.05, 3.63) is 0 Å². The molecule has 15 nitrogen and oxygen atoms in total. The second-order valence-corrected chi connectivity index (χ2v) is 9.31. The van der Waals surface area contributed by atoms with Crippen LogP contribution in [0.3, 0.4) is 0 Å². The topological polar surface area (TPSA) is 284 Å². The van der Waals surface area contributed by atoms with E-state index in [-0.39, 0.29) is 19.3 Å². The predicted molar refractivity (Wildman–Crippen MR) is 131 cm³/mol. The van der Waals surface area contributed by atoms with E-state index in [1.165, 1.54) is 38.0 Å². The van der Waals surface area contributed by atoms with E-state index in [4.69, 9.17) is 46.0 Å². The Morgan fingerprint density at radius 2 is 0.737 bits per heavy atom. The Morgan fingerprint density at radius 3 is 0.763 bits per heavy atom. The molecule has 38 heavy (non-hydrogen) atoms. The summed E-state index contributed by atoms with van der Waals surface area (Å²) in [7, 11) is 0. The molecule has 0 aromatic heterocycles. The van der Waals surface area contributed by atoms with Crippen LogP contribution in [0.2, 0.25) is 4.44 Å². The van der Waals surface area contributed by atoms with Crippen molar-refractivity contribution in [2.45, 2.75) is 100 Å². The molecule has 9 N–H and O–H groups in total. The Morgan fingerprint density at radius 1 is 0.526 bits per heavy atom. The molecule has 16 heteroatoms. The van der Waals surface area contributed by atoms with E-state index < -0.39 is 71.9 Å². The average molecular weight is 662 g/mol. The number of rotatable bonds is 14. The van der Waals surface area contributed by atoms with E-state index in [0.29, 0.717) is 0 Å². The summed E-state index contributed by atoms with van der Waals surface area (Å²) >= 11 is 1.68. The SMILES string of the molecule is CCC(O)(CC(=O)O)C(=O)O.CCC(O)(CC(=O)O)C(=O)O.CCC(O)(CC(=O)O)C(=O)O.CCC[CH2][Sn]. The van der Waals surface area contributed by atoms with Crippen molar-refractivity contribution in [1.29, 1.82) is 0 Å². The van der Waals surface area contributed by atoms with Crippen LogP contribution >= 0.6 is 0 Å². The summed E-state index contributed by atoms with van der Waals surface area (Å²) in [6.45, 7) is 6.47. The fourth-order valence-electron chi connectivity index (χ4n) is 1.98. The molecule has 0 aliphatic rings. The Labute approximate surface area is 233 Å². The summed E-state index contributed by atoms with van der Waals surface area (Å²) in [6, 6.07) is 0. The summed E-state index contributed by atoms with van der Waals surface area (Å²) in [5.74, 6) is -8.46. The summed E-state index contributed by atoms with van der Waals surface area (Å²) in [6.07, 6.45) is 0.151. The monoisotopic (exact) mass is 663 g/mol. The zero-order chi connectivity index (χ0) is 31.3. The molecule has 0 aromatic carbocycles. The van der Waals surface area contributed by atoms with Gasteiger partial charge >= 0.3 is 82.5 Å². The average Bonchev–Trinajstić information content (AvgIpc) is 2.79. The molecule has 3 unspecified atom stereocenters. The van der Waals surface area contributed by atoms with Gasteiger partial charge in [-0.05, 0) is 19.3 Å². The van der Waals surface area contributed by atoms with E-state index in [1.807, 2.05) is 0 Å². The number of carboxylic acid groups (broad SMARTS) is 6. The van der Waals surface area contributed by atoms with Gasteiger partial charge in [0.15, 0.2) is 16.8 Å². The molecule has 0 saturated heterocycles. The second-order valence-electron chi connectivity index (χ2n) is 7.89. The van der Waals surface area contributed by atoms with Gasteiger partial charge in [-0.3, -0.25) is 14.4 Å². The van der Waals surface area contributed by atoms with Crippen LogP contribution in [0, 0.1) is 0 Å². The van der Waals surface area contributed by atoms with Crippen molar-refractivity contribution in [2.24, 2.45) is 0 Å². The fraction of sp³-hybridized carbons (Fsp3) is 0.727. The first-order valence-electron chi connectivity index (χ1n) is 11.4. The van der Waals surface area contributed by atoms with E-state index in [1.54, 1.807) is 22.5 Å². The van der Waals surface area contributed by atoms with Gasteiger partial charge in [0.2, 0.25) is 0 Å². The third kappa shape index (κ3) is 20.5. The molecule has 0 heterocycles. The zero-order valence-corrected chi connectivity index (χ0v) is 24.7. The second kappa shape index (κ2) is 21.4. The van der Waals surface area contributed by atoms with Gasteiger partial charge in [-0.1, -0.05) is 20.8 Å². The fourth-order valence-corrected chi connectivity index (χ4v) is 2.99. The maximum atomic E-state index is 10.3.